The highest BCUT2D eigenvalue weighted by molar-refractivity contribution is 9.10. The first kappa shape index (κ1) is 13.5. The number of hydrogen-bond acceptors (Lipinski definition) is 3. The van der Waals surface area contributed by atoms with E-state index < -0.39 is 11.6 Å². The maximum Gasteiger partial charge on any atom is 0.199 e. The molecule has 0 saturated carbocycles. The highest BCUT2D eigenvalue weighted by Gasteiger charge is 2.19. The number of rotatable bonds is 3. The molecule has 2 rings (SSSR count). The maximum absolute atomic E-state index is 13.6. The van der Waals surface area contributed by atoms with Crippen LogP contribution in [0.1, 0.15) is 15.9 Å². The second kappa shape index (κ2) is 5.40. The second-order valence-electron chi connectivity index (χ2n) is 3.81. The van der Waals surface area contributed by atoms with Gasteiger partial charge in [-0.2, -0.15) is 0 Å². The van der Waals surface area contributed by atoms with E-state index in [1.807, 2.05) is 0 Å². The summed E-state index contributed by atoms with van der Waals surface area (Å²) < 4.78 is 19.1. The quantitative estimate of drug-likeness (QED) is 0.878. The third-order valence-corrected chi connectivity index (χ3v) is 3.25. The smallest absolute Gasteiger partial charge is 0.199 e. The fourth-order valence-electron chi connectivity index (χ4n) is 1.67. The lowest BCUT2D eigenvalue weighted by atomic mass is 10.0. The van der Waals surface area contributed by atoms with E-state index in [-0.39, 0.29) is 16.9 Å². The molecule has 0 aromatic heterocycles. The molecule has 0 spiro atoms. The largest absolute Gasteiger partial charge is 0.507 e. The van der Waals surface area contributed by atoms with Crippen molar-refractivity contribution in [1.82, 2.24) is 0 Å². The highest BCUT2D eigenvalue weighted by Crippen LogP contribution is 2.33. The molecule has 0 aliphatic rings. The SMILES string of the molecule is COc1cc(O)c(C(=O)c2ccccc2F)cc1Br. The molecule has 1 N–H and O–H groups in total. The van der Waals surface area contributed by atoms with Crippen molar-refractivity contribution < 1.29 is 19.0 Å². The Bertz CT molecular complexity index is 641. The lowest BCUT2D eigenvalue weighted by Gasteiger charge is -2.09. The number of benzene rings is 2. The predicted molar refractivity (Wildman–Crippen MR) is 72.2 cm³/mol. The number of aromatic hydroxyl groups is 1. The molecule has 19 heavy (non-hydrogen) atoms. The number of carbonyl (C=O) groups excluding carboxylic acids is 1. The Morgan fingerprint density at radius 1 is 1.26 bits per heavy atom. The predicted octanol–water partition coefficient (Wildman–Crippen LogP) is 3.53. The summed E-state index contributed by atoms with van der Waals surface area (Å²) >= 11 is 3.22. The number of ketones is 1. The number of methoxy groups -OCH3 is 1. The third kappa shape index (κ3) is 2.61. The van der Waals surface area contributed by atoms with E-state index in [0.29, 0.717) is 10.2 Å². The summed E-state index contributed by atoms with van der Waals surface area (Å²) in [6, 6.07) is 8.33. The number of halogens is 2. The van der Waals surface area contributed by atoms with Crippen LogP contribution in [-0.4, -0.2) is 18.0 Å². The molecular formula is C14H10BrFO3. The van der Waals surface area contributed by atoms with Crippen LogP contribution in [0.4, 0.5) is 4.39 Å². The Morgan fingerprint density at radius 2 is 1.95 bits per heavy atom. The van der Waals surface area contributed by atoms with Gasteiger partial charge in [0, 0.05) is 6.07 Å². The molecule has 0 aliphatic heterocycles. The highest BCUT2D eigenvalue weighted by atomic mass is 79.9. The molecule has 98 valence electrons. The van der Waals surface area contributed by atoms with Gasteiger partial charge in [-0.05, 0) is 34.1 Å². The molecule has 0 bridgehead atoms. The lowest BCUT2D eigenvalue weighted by Crippen LogP contribution is -2.05. The minimum atomic E-state index is -0.626. The first-order valence-electron chi connectivity index (χ1n) is 5.40. The van der Waals surface area contributed by atoms with Crippen LogP contribution in [0.5, 0.6) is 11.5 Å². The van der Waals surface area contributed by atoms with E-state index >= 15 is 0 Å². The van der Waals surface area contributed by atoms with Crippen LogP contribution >= 0.6 is 15.9 Å². The second-order valence-corrected chi connectivity index (χ2v) is 4.67. The van der Waals surface area contributed by atoms with Gasteiger partial charge >= 0.3 is 0 Å². The molecular weight excluding hydrogens is 315 g/mol. The molecule has 0 amide bonds. The summed E-state index contributed by atoms with van der Waals surface area (Å²) in [6.45, 7) is 0. The van der Waals surface area contributed by atoms with Gasteiger partial charge in [0.25, 0.3) is 0 Å². The molecule has 0 saturated heterocycles. The third-order valence-electron chi connectivity index (χ3n) is 2.63. The van der Waals surface area contributed by atoms with E-state index in [1.165, 1.54) is 37.4 Å². The zero-order chi connectivity index (χ0) is 14.0. The Morgan fingerprint density at radius 3 is 2.58 bits per heavy atom. The van der Waals surface area contributed by atoms with E-state index in [2.05, 4.69) is 15.9 Å². The Kier molecular flexibility index (Phi) is 3.85. The number of phenols is 1. The van der Waals surface area contributed by atoms with E-state index in [1.54, 1.807) is 6.07 Å². The zero-order valence-electron chi connectivity index (χ0n) is 9.98. The molecule has 3 nitrogen and oxygen atoms in total. The summed E-state index contributed by atoms with van der Waals surface area (Å²) in [5, 5.41) is 9.83. The monoisotopic (exact) mass is 324 g/mol. The minimum absolute atomic E-state index is 0.0118. The Hall–Kier alpha value is -1.88. The van der Waals surface area contributed by atoms with Gasteiger partial charge in [0.2, 0.25) is 0 Å². The summed E-state index contributed by atoms with van der Waals surface area (Å²) in [6.07, 6.45) is 0. The van der Waals surface area contributed by atoms with Crippen molar-refractivity contribution >= 4 is 21.7 Å². The molecule has 5 heteroatoms. The van der Waals surface area contributed by atoms with Gasteiger partial charge in [-0.3, -0.25) is 4.79 Å². The lowest BCUT2D eigenvalue weighted by molar-refractivity contribution is 0.103. The fourth-order valence-corrected chi connectivity index (χ4v) is 2.18. The van der Waals surface area contributed by atoms with Gasteiger partial charge in [-0.15, -0.1) is 0 Å². The zero-order valence-corrected chi connectivity index (χ0v) is 11.6. The number of ether oxygens (including phenoxy) is 1. The number of hydrogen-bond donors (Lipinski definition) is 1. The molecule has 0 radical (unpaired) electrons. The fraction of sp³-hybridized carbons (Fsp3) is 0.0714. The first-order valence-corrected chi connectivity index (χ1v) is 6.19. The first-order chi connectivity index (χ1) is 9.04. The number of carbonyl (C=O) groups is 1. The summed E-state index contributed by atoms with van der Waals surface area (Å²) in [7, 11) is 1.44. The summed E-state index contributed by atoms with van der Waals surface area (Å²) in [4.78, 5) is 12.2. The van der Waals surface area contributed by atoms with E-state index in [9.17, 15) is 14.3 Å². The van der Waals surface area contributed by atoms with Gasteiger partial charge in [0.15, 0.2) is 5.78 Å². The van der Waals surface area contributed by atoms with Gasteiger partial charge < -0.3 is 9.84 Å². The minimum Gasteiger partial charge on any atom is -0.507 e. The average Bonchev–Trinajstić information content (AvgIpc) is 2.40. The van der Waals surface area contributed by atoms with Crippen LogP contribution in [0.2, 0.25) is 0 Å². The van der Waals surface area contributed by atoms with Gasteiger partial charge in [0.05, 0.1) is 22.7 Å². The topological polar surface area (TPSA) is 46.5 Å². The Balaban J connectivity index is 2.51. The van der Waals surface area contributed by atoms with Crippen LogP contribution in [0.25, 0.3) is 0 Å². The van der Waals surface area contributed by atoms with Crippen molar-refractivity contribution in [2.75, 3.05) is 7.11 Å². The van der Waals surface area contributed by atoms with Crippen molar-refractivity contribution in [1.29, 1.82) is 0 Å². The van der Waals surface area contributed by atoms with E-state index in [0.717, 1.165) is 0 Å². The van der Waals surface area contributed by atoms with Crippen LogP contribution in [-0.2, 0) is 0 Å². The van der Waals surface area contributed by atoms with Crippen molar-refractivity contribution in [3.8, 4) is 11.5 Å². The maximum atomic E-state index is 13.6. The molecule has 2 aromatic carbocycles. The molecule has 0 fully saturated rings. The van der Waals surface area contributed by atoms with Crippen molar-refractivity contribution in [2.24, 2.45) is 0 Å². The van der Waals surface area contributed by atoms with Crippen LogP contribution in [0.15, 0.2) is 40.9 Å². The van der Waals surface area contributed by atoms with Crippen molar-refractivity contribution in [3.05, 3.63) is 57.8 Å². The van der Waals surface area contributed by atoms with Crippen molar-refractivity contribution in [2.45, 2.75) is 0 Å². The molecule has 0 heterocycles. The number of phenolic OH excluding ortho intramolecular Hbond substituents is 1. The van der Waals surface area contributed by atoms with Crippen LogP contribution in [0.3, 0.4) is 0 Å². The molecule has 0 unspecified atom stereocenters. The van der Waals surface area contributed by atoms with Crippen LogP contribution in [0, 0.1) is 5.82 Å². The van der Waals surface area contributed by atoms with Crippen molar-refractivity contribution in [3.63, 3.8) is 0 Å². The van der Waals surface area contributed by atoms with Gasteiger partial charge in [-0.1, -0.05) is 12.1 Å². The summed E-state index contributed by atoms with van der Waals surface area (Å²) in [5.74, 6) is -1.08. The van der Waals surface area contributed by atoms with E-state index in [4.69, 9.17) is 4.74 Å². The molecule has 0 aliphatic carbocycles. The van der Waals surface area contributed by atoms with Gasteiger partial charge in [0.1, 0.15) is 17.3 Å². The molecule has 0 atom stereocenters. The average molecular weight is 325 g/mol. The van der Waals surface area contributed by atoms with Crippen LogP contribution < -0.4 is 4.74 Å². The standard InChI is InChI=1S/C14H10BrFO3/c1-19-13-7-12(17)9(6-10(13)15)14(18)8-4-2-3-5-11(8)16/h2-7,17H,1H3. The molecule has 2 aromatic rings. The summed E-state index contributed by atoms with van der Waals surface area (Å²) in [5.41, 5.74) is -0.0763. The normalized spacial score (nSPS) is 10.3. The van der Waals surface area contributed by atoms with Gasteiger partial charge in [-0.25, -0.2) is 4.39 Å². The Labute approximate surface area is 117 Å².